The monoisotopic (exact) mass is 267 g/mol. The van der Waals surface area contributed by atoms with E-state index in [4.69, 9.17) is 4.52 Å². The molecule has 5 nitrogen and oxygen atoms in total. The molecule has 0 atom stereocenters. The molecule has 2 rings (SSSR count). The highest BCUT2D eigenvalue weighted by Gasteiger charge is 2.12. The van der Waals surface area contributed by atoms with Crippen LogP contribution in [0.2, 0.25) is 0 Å². The number of benzene rings is 1. The van der Waals surface area contributed by atoms with Crippen molar-refractivity contribution in [2.24, 2.45) is 0 Å². The third kappa shape index (κ3) is 3.27. The van der Waals surface area contributed by atoms with Gasteiger partial charge in [0.15, 0.2) is 5.82 Å². The molecule has 0 saturated carbocycles. The normalized spacial score (nSPS) is 10.3. The van der Waals surface area contributed by atoms with Gasteiger partial charge in [0.25, 0.3) is 0 Å². The molecule has 0 aliphatic carbocycles. The first kappa shape index (κ1) is 13.0. The fourth-order valence-corrected chi connectivity index (χ4v) is 1.42. The number of rotatable bonds is 4. The maximum absolute atomic E-state index is 13.3. The maximum Gasteiger partial charge on any atom is 0.243 e. The van der Waals surface area contributed by atoms with Crippen molar-refractivity contribution in [3.63, 3.8) is 0 Å². The number of para-hydroxylation sites is 1. The quantitative estimate of drug-likeness (QED) is 0.892. The highest BCUT2D eigenvalue weighted by molar-refractivity contribution is 5.93. The van der Waals surface area contributed by atoms with Gasteiger partial charge in [-0.15, -0.1) is 0 Å². The van der Waals surface area contributed by atoms with Gasteiger partial charge in [-0.3, -0.25) is 4.79 Å². The fourth-order valence-electron chi connectivity index (χ4n) is 1.42. The van der Waals surface area contributed by atoms with E-state index in [2.05, 4.69) is 15.8 Å². The molecule has 0 fully saturated rings. The molecule has 1 aromatic carbocycles. The van der Waals surface area contributed by atoms with Crippen molar-refractivity contribution in [1.29, 1.82) is 0 Å². The van der Waals surface area contributed by atoms with Gasteiger partial charge in [-0.1, -0.05) is 11.2 Å². The largest absolute Gasteiger partial charge is 0.360 e. The molecule has 1 amide bonds. The highest BCUT2D eigenvalue weighted by atomic mass is 19.1. The zero-order valence-electron chi connectivity index (χ0n) is 10.0. The minimum Gasteiger partial charge on any atom is -0.360 e. The van der Waals surface area contributed by atoms with Crippen molar-refractivity contribution in [2.75, 3.05) is 17.2 Å². The summed E-state index contributed by atoms with van der Waals surface area (Å²) in [6.45, 7) is 1.52. The van der Waals surface area contributed by atoms with Crippen LogP contribution in [0, 0.1) is 18.6 Å². The molecule has 0 saturated heterocycles. The summed E-state index contributed by atoms with van der Waals surface area (Å²) in [7, 11) is 0. The molecule has 1 aromatic heterocycles. The van der Waals surface area contributed by atoms with Crippen LogP contribution in [0.4, 0.5) is 20.3 Å². The number of carbonyl (C=O) groups is 1. The lowest BCUT2D eigenvalue weighted by Gasteiger charge is -2.07. The maximum atomic E-state index is 13.3. The van der Waals surface area contributed by atoms with Crippen LogP contribution in [0.25, 0.3) is 0 Å². The Balaban J connectivity index is 1.94. The lowest BCUT2D eigenvalue weighted by Crippen LogP contribution is -2.23. The van der Waals surface area contributed by atoms with Gasteiger partial charge in [0.1, 0.15) is 23.1 Å². The van der Waals surface area contributed by atoms with E-state index in [1.165, 1.54) is 6.07 Å². The molecule has 100 valence electrons. The summed E-state index contributed by atoms with van der Waals surface area (Å²) in [5.41, 5.74) is -0.467. The Morgan fingerprint density at radius 3 is 2.63 bits per heavy atom. The first-order valence-electron chi connectivity index (χ1n) is 5.47. The second-order valence-electron chi connectivity index (χ2n) is 3.82. The van der Waals surface area contributed by atoms with Gasteiger partial charge in [0, 0.05) is 6.07 Å². The summed E-state index contributed by atoms with van der Waals surface area (Å²) in [6, 6.07) is 4.94. The van der Waals surface area contributed by atoms with E-state index in [9.17, 15) is 13.6 Å². The predicted molar refractivity (Wildman–Crippen MR) is 64.7 cm³/mol. The molecule has 0 unspecified atom stereocenters. The summed E-state index contributed by atoms with van der Waals surface area (Å²) in [5.74, 6) is -1.29. The Kier molecular flexibility index (Phi) is 3.74. The molecule has 0 aliphatic heterocycles. The van der Waals surface area contributed by atoms with E-state index in [0.717, 1.165) is 12.1 Å². The molecule has 7 heteroatoms. The Labute approximate surface area is 107 Å². The number of nitrogens with zero attached hydrogens (tertiary/aromatic N) is 1. The van der Waals surface area contributed by atoms with Crippen LogP contribution < -0.4 is 10.6 Å². The molecule has 0 bridgehead atoms. The van der Waals surface area contributed by atoms with Crippen LogP contribution in [-0.4, -0.2) is 17.6 Å². The standard InChI is InChI=1S/C12H11F2N3O2/c1-7-5-10(17-19-7)15-6-11(18)16-12-8(13)3-2-4-9(12)14/h2-5H,6H2,1H3,(H,15,17)(H,16,18). The number of carbonyl (C=O) groups excluding carboxylic acids is 1. The zero-order valence-corrected chi connectivity index (χ0v) is 10.0. The number of anilines is 2. The lowest BCUT2D eigenvalue weighted by molar-refractivity contribution is -0.114. The predicted octanol–water partition coefficient (Wildman–Crippen LogP) is 2.31. The van der Waals surface area contributed by atoms with Crippen LogP contribution >= 0.6 is 0 Å². The third-order valence-electron chi connectivity index (χ3n) is 2.29. The summed E-state index contributed by atoms with van der Waals surface area (Å²) < 4.78 is 31.3. The van der Waals surface area contributed by atoms with Crippen molar-refractivity contribution in [2.45, 2.75) is 6.92 Å². The smallest absolute Gasteiger partial charge is 0.243 e. The van der Waals surface area contributed by atoms with Gasteiger partial charge in [-0.05, 0) is 19.1 Å². The van der Waals surface area contributed by atoms with Gasteiger partial charge in [-0.2, -0.15) is 0 Å². The lowest BCUT2D eigenvalue weighted by atomic mass is 10.3. The molecular formula is C12H11F2N3O2. The Morgan fingerprint density at radius 1 is 1.37 bits per heavy atom. The van der Waals surface area contributed by atoms with Crippen molar-refractivity contribution in [3.8, 4) is 0 Å². The van der Waals surface area contributed by atoms with Crippen molar-refractivity contribution in [3.05, 3.63) is 41.7 Å². The SMILES string of the molecule is Cc1cc(NCC(=O)Nc2c(F)cccc2F)no1. The second-order valence-corrected chi connectivity index (χ2v) is 3.82. The van der Waals surface area contributed by atoms with Crippen LogP contribution in [0.3, 0.4) is 0 Å². The number of halogens is 2. The Bertz CT molecular complexity index is 578. The van der Waals surface area contributed by atoms with Gasteiger partial charge in [0.2, 0.25) is 5.91 Å². The van der Waals surface area contributed by atoms with Crippen molar-refractivity contribution in [1.82, 2.24) is 5.16 Å². The van der Waals surface area contributed by atoms with E-state index in [1.807, 2.05) is 0 Å². The highest BCUT2D eigenvalue weighted by Crippen LogP contribution is 2.17. The molecule has 0 radical (unpaired) electrons. The summed E-state index contributed by atoms with van der Waals surface area (Å²) >= 11 is 0. The van der Waals surface area contributed by atoms with Crippen molar-refractivity contribution < 1.29 is 18.1 Å². The number of amides is 1. The van der Waals surface area contributed by atoms with E-state index < -0.39 is 23.2 Å². The van der Waals surface area contributed by atoms with E-state index in [0.29, 0.717) is 11.6 Å². The molecule has 2 N–H and O–H groups in total. The number of aryl methyl sites for hydroxylation is 1. The average Bonchev–Trinajstić information content (AvgIpc) is 2.77. The third-order valence-corrected chi connectivity index (χ3v) is 2.29. The van der Waals surface area contributed by atoms with E-state index in [-0.39, 0.29) is 6.54 Å². The molecule has 0 aliphatic rings. The zero-order chi connectivity index (χ0) is 13.8. The average molecular weight is 267 g/mol. The van der Waals surface area contributed by atoms with Gasteiger partial charge in [0.05, 0.1) is 6.54 Å². The minimum absolute atomic E-state index is 0.181. The Morgan fingerprint density at radius 2 is 2.05 bits per heavy atom. The van der Waals surface area contributed by atoms with Gasteiger partial charge < -0.3 is 15.2 Å². The van der Waals surface area contributed by atoms with Crippen molar-refractivity contribution >= 4 is 17.4 Å². The number of hydrogen-bond acceptors (Lipinski definition) is 4. The molecular weight excluding hydrogens is 256 g/mol. The molecule has 0 spiro atoms. The number of hydrogen-bond donors (Lipinski definition) is 2. The number of aromatic nitrogens is 1. The van der Waals surface area contributed by atoms with Crippen LogP contribution in [0.15, 0.2) is 28.8 Å². The summed E-state index contributed by atoms with van der Waals surface area (Å²) in [5, 5.41) is 8.42. The van der Waals surface area contributed by atoms with E-state index in [1.54, 1.807) is 13.0 Å². The minimum atomic E-state index is -0.828. The first-order chi connectivity index (χ1) is 9.06. The first-order valence-corrected chi connectivity index (χ1v) is 5.47. The van der Waals surface area contributed by atoms with Gasteiger partial charge >= 0.3 is 0 Å². The van der Waals surface area contributed by atoms with Crippen LogP contribution in [0.5, 0.6) is 0 Å². The molecule has 1 heterocycles. The molecule has 2 aromatic rings. The second kappa shape index (κ2) is 5.47. The van der Waals surface area contributed by atoms with Gasteiger partial charge in [-0.25, -0.2) is 8.78 Å². The summed E-state index contributed by atoms with van der Waals surface area (Å²) in [4.78, 5) is 11.5. The summed E-state index contributed by atoms with van der Waals surface area (Å²) in [6.07, 6.45) is 0. The fraction of sp³-hybridized carbons (Fsp3) is 0.167. The van der Waals surface area contributed by atoms with Crippen LogP contribution in [0.1, 0.15) is 5.76 Å². The number of nitrogens with one attached hydrogen (secondary N) is 2. The Hall–Kier alpha value is -2.44. The van der Waals surface area contributed by atoms with E-state index >= 15 is 0 Å². The molecule has 19 heavy (non-hydrogen) atoms. The van der Waals surface area contributed by atoms with Crippen LogP contribution in [-0.2, 0) is 4.79 Å². The topological polar surface area (TPSA) is 67.2 Å².